The first-order valence-electron chi connectivity index (χ1n) is 6.54. The second-order valence-electron chi connectivity index (χ2n) is 4.92. The summed E-state index contributed by atoms with van der Waals surface area (Å²) in [7, 11) is 0. The minimum absolute atomic E-state index is 0.489. The highest BCUT2D eigenvalue weighted by atomic mass is 32.2. The molecule has 0 unspecified atom stereocenters. The maximum Gasteiger partial charge on any atom is 0.156 e. The van der Waals surface area contributed by atoms with Crippen LogP contribution >= 0.6 is 11.8 Å². The van der Waals surface area contributed by atoms with Crippen LogP contribution < -0.4 is 5.73 Å². The van der Waals surface area contributed by atoms with E-state index in [4.69, 9.17) is 5.73 Å². The van der Waals surface area contributed by atoms with E-state index < -0.39 is 0 Å². The molecule has 4 N–H and O–H groups in total. The first-order valence-corrected chi connectivity index (χ1v) is 7.59. The topological polar surface area (TPSA) is 83.4 Å². The molecule has 0 saturated carbocycles. The minimum Gasteiger partial charge on any atom is -0.382 e. The summed E-state index contributed by atoms with van der Waals surface area (Å²) in [6, 6.07) is 7.94. The molecule has 2 aromatic heterocycles. The third kappa shape index (κ3) is 2.38. The Morgan fingerprint density at radius 1 is 1.30 bits per heavy atom. The molecular formula is C14H17N5S. The van der Waals surface area contributed by atoms with E-state index in [2.05, 4.69) is 34.0 Å². The van der Waals surface area contributed by atoms with Gasteiger partial charge in [-0.3, -0.25) is 5.10 Å². The van der Waals surface area contributed by atoms with Gasteiger partial charge < -0.3 is 10.7 Å². The summed E-state index contributed by atoms with van der Waals surface area (Å²) in [6.07, 6.45) is 0. The van der Waals surface area contributed by atoms with E-state index in [9.17, 15) is 0 Å². The number of nitrogens with one attached hydrogen (secondary N) is 2. The molecule has 0 aliphatic rings. The maximum atomic E-state index is 5.99. The highest BCUT2D eigenvalue weighted by molar-refractivity contribution is 7.99. The molecule has 3 rings (SSSR count). The van der Waals surface area contributed by atoms with Crippen LogP contribution in [-0.4, -0.2) is 25.4 Å². The number of anilines is 1. The van der Waals surface area contributed by atoms with Crippen LogP contribution in [0.25, 0.3) is 22.4 Å². The Bertz CT molecular complexity index is 695. The lowest BCUT2D eigenvalue weighted by molar-refractivity contribution is 1.03. The van der Waals surface area contributed by atoms with Crippen LogP contribution in [-0.2, 0) is 5.75 Å². The third-order valence-electron chi connectivity index (χ3n) is 3.06. The number of hydrogen-bond donors (Lipinski definition) is 3. The van der Waals surface area contributed by atoms with Gasteiger partial charge in [0.2, 0.25) is 0 Å². The van der Waals surface area contributed by atoms with Gasteiger partial charge in [-0.1, -0.05) is 26.0 Å². The molecule has 0 bridgehead atoms. The minimum atomic E-state index is 0.489. The fourth-order valence-electron chi connectivity index (χ4n) is 2.08. The van der Waals surface area contributed by atoms with Gasteiger partial charge in [0.1, 0.15) is 5.82 Å². The Balaban J connectivity index is 2.02. The van der Waals surface area contributed by atoms with Crippen LogP contribution in [0.1, 0.15) is 19.5 Å². The summed E-state index contributed by atoms with van der Waals surface area (Å²) in [5.74, 6) is 2.11. The molecule has 0 aliphatic carbocycles. The van der Waals surface area contributed by atoms with Crippen LogP contribution in [0.5, 0.6) is 0 Å². The Kier molecular flexibility index (Phi) is 3.40. The summed E-state index contributed by atoms with van der Waals surface area (Å²) in [5.41, 5.74) is 9.83. The van der Waals surface area contributed by atoms with Gasteiger partial charge in [0.05, 0.1) is 22.3 Å². The van der Waals surface area contributed by atoms with Crippen molar-refractivity contribution in [3.05, 3.63) is 30.0 Å². The molecule has 1 aromatic carbocycles. The van der Waals surface area contributed by atoms with Crippen LogP contribution in [0.15, 0.2) is 24.3 Å². The lowest BCUT2D eigenvalue weighted by Gasteiger charge is -2.04. The molecule has 20 heavy (non-hydrogen) atoms. The highest BCUT2D eigenvalue weighted by Crippen LogP contribution is 2.30. The number of H-pyrrole nitrogens is 2. The number of nitrogens with zero attached hydrogens (tertiary/aromatic N) is 2. The fraction of sp³-hybridized carbons (Fsp3) is 0.286. The van der Waals surface area contributed by atoms with Crippen molar-refractivity contribution in [3.8, 4) is 11.4 Å². The van der Waals surface area contributed by atoms with Crippen molar-refractivity contribution in [1.29, 1.82) is 0 Å². The number of nitrogen functional groups attached to an aromatic ring is 1. The highest BCUT2D eigenvalue weighted by Gasteiger charge is 2.16. The number of nitrogens with two attached hydrogens (primary N) is 1. The first kappa shape index (κ1) is 13.1. The van der Waals surface area contributed by atoms with Crippen molar-refractivity contribution < 1.29 is 0 Å². The lowest BCUT2D eigenvalue weighted by Crippen LogP contribution is -1.94. The number of thioether (sulfide) groups is 1. The van der Waals surface area contributed by atoms with Crippen molar-refractivity contribution in [2.75, 3.05) is 5.73 Å². The Morgan fingerprint density at radius 2 is 2.10 bits per heavy atom. The van der Waals surface area contributed by atoms with Crippen LogP contribution in [0.2, 0.25) is 0 Å². The predicted octanol–water partition coefficient (Wildman–Crippen LogP) is 3.18. The Hall–Kier alpha value is -1.95. The maximum absolute atomic E-state index is 5.99. The molecule has 0 fully saturated rings. The summed E-state index contributed by atoms with van der Waals surface area (Å²) < 4.78 is 0. The van der Waals surface area contributed by atoms with Crippen molar-refractivity contribution >= 4 is 28.6 Å². The van der Waals surface area contributed by atoms with Crippen LogP contribution in [0.4, 0.5) is 5.82 Å². The average Bonchev–Trinajstić information content (AvgIpc) is 2.99. The zero-order valence-corrected chi connectivity index (χ0v) is 12.3. The van der Waals surface area contributed by atoms with Gasteiger partial charge in [-0.05, 0) is 17.4 Å². The molecule has 104 valence electrons. The third-order valence-corrected chi connectivity index (χ3v) is 4.18. The van der Waals surface area contributed by atoms with E-state index in [0.717, 1.165) is 33.9 Å². The van der Waals surface area contributed by atoms with Crippen molar-refractivity contribution in [1.82, 2.24) is 20.2 Å². The summed E-state index contributed by atoms with van der Waals surface area (Å²) in [4.78, 5) is 7.91. The smallest absolute Gasteiger partial charge is 0.156 e. The van der Waals surface area contributed by atoms with Crippen LogP contribution in [0, 0.1) is 0 Å². The second kappa shape index (κ2) is 5.20. The zero-order valence-electron chi connectivity index (χ0n) is 11.5. The molecule has 0 radical (unpaired) electrons. The molecule has 0 aliphatic heterocycles. The SMILES string of the molecule is CC(C)SCc1[nH]nc(N)c1-c1nc2ccccc2[nH]1. The molecule has 0 amide bonds. The van der Waals surface area contributed by atoms with E-state index in [0.29, 0.717) is 11.1 Å². The van der Waals surface area contributed by atoms with Gasteiger partial charge in [-0.15, -0.1) is 0 Å². The predicted molar refractivity (Wildman–Crippen MR) is 84.5 cm³/mol. The van der Waals surface area contributed by atoms with Crippen molar-refractivity contribution in [3.63, 3.8) is 0 Å². The lowest BCUT2D eigenvalue weighted by atomic mass is 10.2. The van der Waals surface area contributed by atoms with Gasteiger partial charge in [0.15, 0.2) is 5.82 Å². The Labute approximate surface area is 121 Å². The molecule has 5 nitrogen and oxygen atoms in total. The summed E-state index contributed by atoms with van der Waals surface area (Å²) >= 11 is 1.84. The first-order chi connectivity index (χ1) is 9.65. The fourth-order valence-corrected chi connectivity index (χ4v) is 2.79. The van der Waals surface area contributed by atoms with Gasteiger partial charge in [0, 0.05) is 5.75 Å². The molecule has 0 spiro atoms. The number of para-hydroxylation sites is 2. The molecule has 6 heteroatoms. The Morgan fingerprint density at radius 3 is 2.85 bits per heavy atom. The van der Waals surface area contributed by atoms with E-state index in [1.54, 1.807) is 0 Å². The van der Waals surface area contributed by atoms with Crippen molar-refractivity contribution in [2.24, 2.45) is 0 Å². The van der Waals surface area contributed by atoms with E-state index in [1.165, 1.54) is 0 Å². The standard InChI is InChI=1S/C14H17N5S/c1-8(2)20-7-11-12(13(15)19-18-11)14-16-9-5-3-4-6-10(9)17-14/h3-6,8H,7H2,1-2H3,(H,16,17)(H3,15,18,19). The number of rotatable bonds is 4. The average molecular weight is 287 g/mol. The van der Waals surface area contributed by atoms with Gasteiger partial charge >= 0.3 is 0 Å². The number of hydrogen-bond acceptors (Lipinski definition) is 4. The molecule has 3 aromatic rings. The quantitative estimate of drug-likeness (QED) is 0.688. The number of fused-ring (bicyclic) bond motifs is 1. The molecule has 0 atom stereocenters. The number of benzene rings is 1. The van der Waals surface area contributed by atoms with Crippen molar-refractivity contribution in [2.45, 2.75) is 24.9 Å². The second-order valence-corrected chi connectivity index (χ2v) is 6.49. The number of aromatic nitrogens is 4. The van der Waals surface area contributed by atoms with E-state index >= 15 is 0 Å². The normalized spacial score (nSPS) is 11.6. The largest absolute Gasteiger partial charge is 0.382 e. The number of aromatic amines is 2. The van der Waals surface area contributed by atoms with Gasteiger partial charge in [-0.25, -0.2) is 4.98 Å². The summed E-state index contributed by atoms with van der Waals surface area (Å²) in [6.45, 7) is 4.34. The van der Waals surface area contributed by atoms with Crippen LogP contribution in [0.3, 0.4) is 0 Å². The van der Waals surface area contributed by atoms with E-state index in [-0.39, 0.29) is 0 Å². The molecular weight excluding hydrogens is 270 g/mol. The summed E-state index contributed by atoms with van der Waals surface area (Å²) in [5, 5.41) is 7.70. The monoisotopic (exact) mass is 287 g/mol. The molecule has 0 saturated heterocycles. The van der Waals surface area contributed by atoms with E-state index in [1.807, 2.05) is 36.0 Å². The number of imidazole rings is 1. The van der Waals surface area contributed by atoms with Gasteiger partial charge in [0.25, 0.3) is 0 Å². The van der Waals surface area contributed by atoms with Gasteiger partial charge in [-0.2, -0.15) is 16.9 Å². The molecule has 2 heterocycles. The zero-order chi connectivity index (χ0) is 14.1.